The third-order valence-electron chi connectivity index (χ3n) is 3.41. The summed E-state index contributed by atoms with van der Waals surface area (Å²) in [6.45, 7) is 2.45. The molecule has 4 nitrogen and oxygen atoms in total. The van der Waals surface area contributed by atoms with Gasteiger partial charge in [-0.15, -0.1) is 11.3 Å². The highest BCUT2D eigenvalue weighted by molar-refractivity contribution is 7.13. The average molecular weight is 378 g/mol. The van der Waals surface area contributed by atoms with E-state index in [4.69, 9.17) is 23.2 Å². The third kappa shape index (κ3) is 3.43. The van der Waals surface area contributed by atoms with Gasteiger partial charge in [0.05, 0.1) is 21.9 Å². The van der Waals surface area contributed by atoms with E-state index >= 15 is 0 Å². The maximum Gasteiger partial charge on any atom is 0.277 e. The second-order valence-corrected chi connectivity index (χ2v) is 6.60. The zero-order valence-electron chi connectivity index (χ0n) is 12.7. The van der Waals surface area contributed by atoms with E-state index in [1.807, 2.05) is 19.1 Å². The van der Waals surface area contributed by atoms with Crippen molar-refractivity contribution in [2.24, 2.45) is 0 Å². The average Bonchev–Trinajstić information content (AvgIpc) is 3.09. The Balaban J connectivity index is 1.89. The number of pyridine rings is 1. The van der Waals surface area contributed by atoms with Gasteiger partial charge in [-0.05, 0) is 31.2 Å². The minimum Gasteiger partial charge on any atom is -0.306 e. The number of benzene rings is 1. The highest BCUT2D eigenvalue weighted by atomic mass is 35.5. The number of aromatic nitrogens is 2. The van der Waals surface area contributed by atoms with Crippen LogP contribution in [-0.2, 0) is 0 Å². The number of rotatable bonds is 4. The first-order chi connectivity index (χ1) is 11.6. The molecule has 0 saturated carbocycles. The molecule has 3 rings (SSSR count). The lowest BCUT2D eigenvalue weighted by atomic mass is 10.2. The fourth-order valence-electron chi connectivity index (χ4n) is 2.23. The monoisotopic (exact) mass is 377 g/mol. The van der Waals surface area contributed by atoms with E-state index in [1.165, 1.54) is 11.3 Å². The first kappa shape index (κ1) is 16.9. The molecule has 0 radical (unpaired) electrons. The molecule has 1 aromatic carbocycles. The molecule has 0 saturated heterocycles. The number of nitrogens with zero attached hydrogens (tertiary/aromatic N) is 3. The second kappa shape index (κ2) is 7.30. The quantitative estimate of drug-likeness (QED) is 0.629. The number of amides is 1. The molecular formula is C17H13Cl2N3OS. The van der Waals surface area contributed by atoms with E-state index in [9.17, 15) is 4.79 Å². The van der Waals surface area contributed by atoms with Crippen molar-refractivity contribution in [3.63, 3.8) is 0 Å². The summed E-state index contributed by atoms with van der Waals surface area (Å²) in [6.07, 6.45) is 3.33. The lowest BCUT2D eigenvalue weighted by Crippen LogP contribution is -2.30. The van der Waals surface area contributed by atoms with E-state index in [0.29, 0.717) is 22.3 Å². The number of anilines is 1. The molecular weight excluding hydrogens is 365 g/mol. The van der Waals surface area contributed by atoms with Crippen molar-refractivity contribution >= 4 is 46.1 Å². The molecule has 0 aliphatic rings. The first-order valence-electron chi connectivity index (χ1n) is 7.23. The van der Waals surface area contributed by atoms with Crippen LogP contribution in [0.2, 0.25) is 10.0 Å². The molecule has 0 fully saturated rings. The topological polar surface area (TPSA) is 46.1 Å². The fraction of sp³-hybridized carbons (Fsp3) is 0.118. The number of carbonyl (C=O) groups excluding carboxylic acids is 1. The maximum absolute atomic E-state index is 12.7. The normalized spacial score (nSPS) is 10.6. The Labute approximate surface area is 153 Å². The minimum atomic E-state index is -0.159. The Hall–Kier alpha value is -1.95. The van der Waals surface area contributed by atoms with Gasteiger partial charge in [0.1, 0.15) is 10.7 Å². The van der Waals surface area contributed by atoms with E-state index in [-0.39, 0.29) is 5.91 Å². The summed E-state index contributed by atoms with van der Waals surface area (Å²) in [5.74, 6) is -0.159. The van der Waals surface area contributed by atoms with Crippen molar-refractivity contribution in [2.75, 3.05) is 11.4 Å². The molecule has 7 heteroatoms. The lowest BCUT2D eigenvalue weighted by molar-refractivity contribution is 0.0984. The summed E-state index contributed by atoms with van der Waals surface area (Å²) in [6, 6.07) is 8.94. The number of thiazole rings is 1. The Kier molecular flexibility index (Phi) is 5.14. The van der Waals surface area contributed by atoms with Crippen molar-refractivity contribution in [2.45, 2.75) is 6.92 Å². The molecule has 0 bridgehead atoms. The Morgan fingerprint density at radius 3 is 2.75 bits per heavy atom. The van der Waals surface area contributed by atoms with Crippen LogP contribution in [-0.4, -0.2) is 22.4 Å². The summed E-state index contributed by atoms with van der Waals surface area (Å²) in [5, 5.41) is 3.42. The van der Waals surface area contributed by atoms with Crippen molar-refractivity contribution in [3.05, 3.63) is 63.8 Å². The Morgan fingerprint density at radius 2 is 2.08 bits per heavy atom. The predicted octanol–water partition coefficient (Wildman–Crippen LogP) is 5.18. The van der Waals surface area contributed by atoms with Crippen LogP contribution in [0.15, 0.2) is 48.1 Å². The zero-order valence-corrected chi connectivity index (χ0v) is 15.1. The zero-order chi connectivity index (χ0) is 17.1. The van der Waals surface area contributed by atoms with Gasteiger partial charge in [-0.3, -0.25) is 9.78 Å². The van der Waals surface area contributed by atoms with Gasteiger partial charge >= 0.3 is 0 Å². The number of halogens is 2. The SMILES string of the molecule is CCN(C(=O)c1csc(-c2ccc(Cl)c(Cl)c2)n1)c1cccnc1. The predicted molar refractivity (Wildman–Crippen MR) is 99.2 cm³/mol. The minimum absolute atomic E-state index is 0.159. The number of carbonyl (C=O) groups is 1. The molecule has 0 aliphatic carbocycles. The molecule has 2 aromatic heterocycles. The van der Waals surface area contributed by atoms with Gasteiger partial charge in [-0.25, -0.2) is 4.98 Å². The van der Waals surface area contributed by atoms with Crippen LogP contribution in [0.25, 0.3) is 10.6 Å². The summed E-state index contributed by atoms with van der Waals surface area (Å²) >= 11 is 13.4. The van der Waals surface area contributed by atoms with Gasteiger partial charge in [0.25, 0.3) is 5.91 Å². The molecule has 0 spiro atoms. The molecule has 122 valence electrons. The summed E-state index contributed by atoms with van der Waals surface area (Å²) in [5.41, 5.74) is 1.97. The van der Waals surface area contributed by atoms with Crippen LogP contribution in [0.1, 0.15) is 17.4 Å². The molecule has 0 unspecified atom stereocenters. The molecule has 0 aliphatic heterocycles. The number of hydrogen-bond acceptors (Lipinski definition) is 4. The third-order valence-corrected chi connectivity index (χ3v) is 5.04. The van der Waals surface area contributed by atoms with Crippen LogP contribution in [0.5, 0.6) is 0 Å². The molecule has 0 N–H and O–H groups in total. The van der Waals surface area contributed by atoms with Crippen LogP contribution >= 0.6 is 34.5 Å². The van der Waals surface area contributed by atoms with E-state index in [1.54, 1.807) is 40.9 Å². The maximum atomic E-state index is 12.7. The summed E-state index contributed by atoms with van der Waals surface area (Å²) in [4.78, 5) is 22.9. The van der Waals surface area contributed by atoms with Crippen LogP contribution < -0.4 is 4.90 Å². The van der Waals surface area contributed by atoms with Gasteiger partial charge < -0.3 is 4.90 Å². The van der Waals surface area contributed by atoms with Gasteiger partial charge in [0, 0.05) is 23.7 Å². The van der Waals surface area contributed by atoms with E-state index < -0.39 is 0 Å². The van der Waals surface area contributed by atoms with Crippen LogP contribution in [0, 0.1) is 0 Å². The molecule has 1 amide bonds. The number of hydrogen-bond donors (Lipinski definition) is 0. The molecule has 3 aromatic rings. The first-order valence-corrected chi connectivity index (χ1v) is 8.86. The van der Waals surface area contributed by atoms with Crippen molar-refractivity contribution in [3.8, 4) is 10.6 Å². The van der Waals surface area contributed by atoms with Crippen LogP contribution in [0.4, 0.5) is 5.69 Å². The van der Waals surface area contributed by atoms with Gasteiger partial charge in [0.2, 0.25) is 0 Å². The van der Waals surface area contributed by atoms with Crippen molar-refractivity contribution in [1.29, 1.82) is 0 Å². The summed E-state index contributed by atoms with van der Waals surface area (Å²) < 4.78 is 0. The van der Waals surface area contributed by atoms with E-state index in [0.717, 1.165) is 16.3 Å². The summed E-state index contributed by atoms with van der Waals surface area (Å²) in [7, 11) is 0. The Morgan fingerprint density at radius 1 is 1.25 bits per heavy atom. The van der Waals surface area contributed by atoms with Gasteiger partial charge in [-0.2, -0.15) is 0 Å². The highest BCUT2D eigenvalue weighted by Gasteiger charge is 2.19. The fourth-order valence-corrected chi connectivity index (χ4v) is 3.32. The van der Waals surface area contributed by atoms with Crippen LogP contribution in [0.3, 0.4) is 0 Å². The van der Waals surface area contributed by atoms with Crippen molar-refractivity contribution in [1.82, 2.24) is 9.97 Å². The smallest absolute Gasteiger partial charge is 0.277 e. The van der Waals surface area contributed by atoms with Gasteiger partial charge in [0.15, 0.2) is 0 Å². The van der Waals surface area contributed by atoms with Gasteiger partial charge in [-0.1, -0.05) is 29.3 Å². The molecule has 0 atom stereocenters. The van der Waals surface area contributed by atoms with Crippen molar-refractivity contribution < 1.29 is 4.79 Å². The molecule has 2 heterocycles. The largest absolute Gasteiger partial charge is 0.306 e. The molecule has 24 heavy (non-hydrogen) atoms. The Bertz CT molecular complexity index is 867. The highest BCUT2D eigenvalue weighted by Crippen LogP contribution is 2.30. The van der Waals surface area contributed by atoms with E-state index in [2.05, 4.69) is 9.97 Å². The lowest BCUT2D eigenvalue weighted by Gasteiger charge is -2.19. The second-order valence-electron chi connectivity index (χ2n) is 4.93. The standard InChI is InChI=1S/C17H13Cl2N3OS/c1-2-22(12-4-3-7-20-9-12)17(23)15-10-24-16(21-15)11-5-6-13(18)14(19)8-11/h3-10H,2H2,1H3.